The summed E-state index contributed by atoms with van der Waals surface area (Å²) in [6, 6.07) is 83.3. The van der Waals surface area contributed by atoms with E-state index in [4.69, 9.17) is 4.42 Å². The van der Waals surface area contributed by atoms with Crippen LogP contribution in [0.2, 0.25) is 0 Å². The number of rotatable bonds is 4. The van der Waals surface area contributed by atoms with E-state index in [9.17, 15) is 0 Å². The largest absolute Gasteiger partial charge is 0.456 e. The van der Waals surface area contributed by atoms with Crippen molar-refractivity contribution in [3.8, 4) is 39.1 Å². The Morgan fingerprint density at radius 1 is 0.286 bits per heavy atom. The van der Waals surface area contributed by atoms with Crippen molar-refractivity contribution in [3.63, 3.8) is 0 Å². The van der Waals surface area contributed by atoms with Crippen LogP contribution in [0, 0.1) is 13.8 Å². The molecule has 0 saturated carbocycles. The number of nitrogens with zero attached hydrogens (tertiary/aromatic N) is 1. The van der Waals surface area contributed by atoms with Gasteiger partial charge in [-0.2, -0.15) is 0 Å². The lowest BCUT2D eigenvalue weighted by Crippen LogP contribution is -1.93. The molecule has 0 N–H and O–H groups in total. The van der Waals surface area contributed by atoms with Gasteiger partial charge in [0.1, 0.15) is 11.2 Å². The molecule has 326 valence electrons. The zero-order valence-electron chi connectivity index (χ0n) is 38.7. The summed E-state index contributed by atoms with van der Waals surface area (Å²) in [7, 11) is 0. The van der Waals surface area contributed by atoms with E-state index in [0.29, 0.717) is 0 Å². The van der Waals surface area contributed by atoms with Crippen molar-refractivity contribution in [1.29, 1.82) is 0 Å². The van der Waals surface area contributed by atoms with Crippen molar-refractivity contribution < 1.29 is 4.42 Å². The van der Waals surface area contributed by atoms with Crippen molar-refractivity contribution in [1.82, 2.24) is 4.57 Å². The highest BCUT2D eigenvalue weighted by atomic mass is 16.3. The van der Waals surface area contributed by atoms with Gasteiger partial charge in [-0.1, -0.05) is 175 Å². The van der Waals surface area contributed by atoms with E-state index in [0.717, 1.165) is 33.2 Å². The molecule has 0 radical (unpaired) electrons. The summed E-state index contributed by atoms with van der Waals surface area (Å²) in [6.07, 6.45) is 0. The monoisotopic (exact) mass is 889 g/mol. The molecule has 2 heteroatoms. The quantitative estimate of drug-likeness (QED) is 0.127. The molecule has 0 saturated heterocycles. The van der Waals surface area contributed by atoms with Gasteiger partial charge in [0.05, 0.1) is 11.0 Å². The molecule has 0 atom stereocenters. The summed E-state index contributed by atoms with van der Waals surface area (Å²) >= 11 is 0. The molecule has 0 bridgehead atoms. The lowest BCUT2D eigenvalue weighted by atomic mass is 9.85. The van der Waals surface area contributed by atoms with E-state index in [1.54, 1.807) is 0 Å². The topological polar surface area (TPSA) is 18.1 Å². The zero-order chi connectivity index (χ0) is 46.2. The van der Waals surface area contributed by atoms with E-state index in [2.05, 4.69) is 243 Å². The Morgan fingerprint density at radius 3 is 1.47 bits per heavy atom. The molecule has 0 amide bonds. The average Bonchev–Trinajstić information content (AvgIpc) is 3.93. The van der Waals surface area contributed by atoms with Gasteiger partial charge in [-0.25, -0.2) is 0 Å². The lowest BCUT2D eigenvalue weighted by Gasteiger charge is -2.18. The van der Waals surface area contributed by atoms with E-state index in [1.807, 2.05) is 0 Å². The summed E-state index contributed by atoms with van der Waals surface area (Å²) in [4.78, 5) is 0. The maximum absolute atomic E-state index is 6.94. The van der Waals surface area contributed by atoms with Gasteiger partial charge >= 0.3 is 0 Å². The standard InChI is InChI=1S/C68H43NO/c1-40-32-41(2)34-46(33-40)43-26-30-62-58(35-43)59-36-44(27-31-63(59)69(62)47-15-4-3-5-16-47)66-52-20-10-12-22-54(52)67(55-23-13-11-21-53(55)66)45-25-28-51-60-38-61-57(39-65(60)70-64(51)37-45)50-19-9-8-18-49(50)56-29-24-42-14-6-7-17-48(42)68(56)61/h3-39H,1-2H3. The number of hydrogen-bond donors (Lipinski definition) is 0. The third-order valence-electron chi connectivity index (χ3n) is 15.2. The van der Waals surface area contributed by atoms with Crippen LogP contribution in [0.1, 0.15) is 11.1 Å². The molecule has 0 aliphatic carbocycles. The fraction of sp³-hybridized carbons (Fsp3) is 0.0294. The molecular weight excluding hydrogens is 847 g/mol. The maximum atomic E-state index is 6.94. The number of benzene rings is 13. The molecule has 2 aromatic heterocycles. The predicted molar refractivity (Wildman–Crippen MR) is 299 cm³/mol. The molecule has 70 heavy (non-hydrogen) atoms. The van der Waals surface area contributed by atoms with Crippen LogP contribution in [0.25, 0.3) is 147 Å². The van der Waals surface area contributed by atoms with Gasteiger partial charge in [-0.3, -0.25) is 0 Å². The van der Waals surface area contributed by atoms with E-state index in [-0.39, 0.29) is 0 Å². The second-order valence-corrected chi connectivity index (χ2v) is 19.3. The molecule has 13 aromatic carbocycles. The molecule has 0 aliphatic rings. The third-order valence-corrected chi connectivity index (χ3v) is 15.2. The summed E-state index contributed by atoms with van der Waals surface area (Å²) in [5.41, 5.74) is 15.1. The van der Waals surface area contributed by atoms with Crippen LogP contribution in [0.15, 0.2) is 229 Å². The molecule has 0 unspecified atom stereocenters. The van der Waals surface area contributed by atoms with Gasteiger partial charge in [-0.15, -0.1) is 0 Å². The van der Waals surface area contributed by atoms with Gasteiger partial charge < -0.3 is 8.98 Å². The Labute approximate surface area is 403 Å². The van der Waals surface area contributed by atoms with Gasteiger partial charge in [-0.05, 0) is 173 Å². The van der Waals surface area contributed by atoms with E-state index >= 15 is 0 Å². The van der Waals surface area contributed by atoms with Crippen molar-refractivity contribution in [2.24, 2.45) is 0 Å². The number of aryl methyl sites for hydroxylation is 2. The molecule has 15 aromatic rings. The first-order valence-corrected chi connectivity index (χ1v) is 24.3. The first-order chi connectivity index (χ1) is 34.5. The Kier molecular flexibility index (Phi) is 8.24. The van der Waals surface area contributed by atoms with Crippen LogP contribution in [0.3, 0.4) is 0 Å². The summed E-state index contributed by atoms with van der Waals surface area (Å²) in [6.45, 7) is 4.37. The van der Waals surface area contributed by atoms with Gasteiger partial charge in [0, 0.05) is 27.2 Å². The summed E-state index contributed by atoms with van der Waals surface area (Å²) in [5.74, 6) is 0. The fourth-order valence-corrected chi connectivity index (χ4v) is 12.3. The molecule has 15 rings (SSSR count). The Bertz CT molecular complexity index is 4640. The van der Waals surface area contributed by atoms with Gasteiger partial charge in [0.15, 0.2) is 0 Å². The highest BCUT2D eigenvalue weighted by molar-refractivity contribution is 6.33. The number of hydrogen-bond acceptors (Lipinski definition) is 1. The molecule has 0 fully saturated rings. The molecular formula is C68H43NO. The van der Waals surface area contributed by atoms with E-state index in [1.165, 1.54) is 125 Å². The predicted octanol–water partition coefficient (Wildman–Crippen LogP) is 19.2. The van der Waals surface area contributed by atoms with Crippen molar-refractivity contribution in [2.45, 2.75) is 13.8 Å². The van der Waals surface area contributed by atoms with Crippen molar-refractivity contribution in [3.05, 3.63) is 236 Å². The first kappa shape index (κ1) is 39.1. The number of fused-ring (bicyclic) bond motifs is 16. The van der Waals surface area contributed by atoms with Crippen LogP contribution in [-0.4, -0.2) is 4.57 Å². The SMILES string of the molecule is Cc1cc(C)cc(-c2ccc3c(c2)c2cc(-c4c5ccccc5c(-c5ccc6c(c5)oc5cc7c8ccccc8c8ccc9ccccc9c8c7cc56)c5ccccc45)ccc2n3-c2ccccc2)c1. The number of furan rings is 1. The number of aromatic nitrogens is 1. The Morgan fingerprint density at radius 2 is 0.800 bits per heavy atom. The summed E-state index contributed by atoms with van der Waals surface area (Å²) < 4.78 is 9.36. The van der Waals surface area contributed by atoms with Crippen LogP contribution >= 0.6 is 0 Å². The minimum atomic E-state index is 0.888. The second kappa shape index (κ2) is 14.8. The average molecular weight is 890 g/mol. The molecule has 0 aliphatic heterocycles. The minimum Gasteiger partial charge on any atom is -0.456 e. The van der Waals surface area contributed by atoms with Crippen LogP contribution in [0.5, 0.6) is 0 Å². The first-order valence-electron chi connectivity index (χ1n) is 24.3. The smallest absolute Gasteiger partial charge is 0.136 e. The molecule has 2 heterocycles. The lowest BCUT2D eigenvalue weighted by molar-refractivity contribution is 0.669. The summed E-state index contributed by atoms with van der Waals surface area (Å²) in [5, 5.41) is 19.7. The van der Waals surface area contributed by atoms with Crippen LogP contribution < -0.4 is 0 Å². The van der Waals surface area contributed by atoms with Crippen molar-refractivity contribution in [2.75, 3.05) is 0 Å². The highest BCUT2D eigenvalue weighted by Gasteiger charge is 2.21. The normalized spacial score (nSPS) is 12.1. The van der Waals surface area contributed by atoms with Crippen molar-refractivity contribution >= 4 is 108 Å². The highest BCUT2D eigenvalue weighted by Crippen LogP contribution is 2.48. The van der Waals surface area contributed by atoms with E-state index < -0.39 is 0 Å². The molecule has 2 nitrogen and oxygen atoms in total. The zero-order valence-corrected chi connectivity index (χ0v) is 38.7. The maximum Gasteiger partial charge on any atom is 0.136 e. The Hall–Kier alpha value is -8.98. The number of para-hydroxylation sites is 1. The molecule has 0 spiro atoms. The Balaban J connectivity index is 0.947. The third kappa shape index (κ3) is 5.68. The van der Waals surface area contributed by atoms with Gasteiger partial charge in [0.25, 0.3) is 0 Å². The fourth-order valence-electron chi connectivity index (χ4n) is 12.3. The second-order valence-electron chi connectivity index (χ2n) is 19.3. The van der Waals surface area contributed by atoms with Gasteiger partial charge in [0.2, 0.25) is 0 Å². The minimum absolute atomic E-state index is 0.888. The van der Waals surface area contributed by atoms with Crippen LogP contribution in [-0.2, 0) is 0 Å². The van der Waals surface area contributed by atoms with Crippen LogP contribution in [0.4, 0.5) is 0 Å².